The van der Waals surface area contributed by atoms with Gasteiger partial charge in [0, 0.05) is 22.9 Å². The van der Waals surface area contributed by atoms with Crippen LogP contribution in [0.3, 0.4) is 0 Å². The predicted octanol–water partition coefficient (Wildman–Crippen LogP) is 5.51. The highest BCUT2D eigenvalue weighted by Gasteiger charge is 2.18. The zero-order valence-corrected chi connectivity index (χ0v) is 22.5. The molecule has 3 aromatic carbocycles. The predicted molar refractivity (Wildman–Crippen MR) is 151 cm³/mol. The molecule has 0 unspecified atom stereocenters. The minimum absolute atomic E-state index is 0.331. The fraction of sp³-hybridized carbons (Fsp3) is 0.233. The average molecular weight is 529 g/mol. The Labute approximate surface area is 228 Å². The number of carbonyl (C=O) groups is 1. The first-order valence-corrected chi connectivity index (χ1v) is 12.8. The van der Waals surface area contributed by atoms with Crippen LogP contribution in [0.4, 0.5) is 0 Å². The Morgan fingerprint density at radius 1 is 0.923 bits per heavy atom. The number of methoxy groups -OCH3 is 1. The first-order chi connectivity index (χ1) is 19.1. The van der Waals surface area contributed by atoms with Gasteiger partial charge in [-0.2, -0.15) is 10.2 Å². The van der Waals surface area contributed by atoms with Gasteiger partial charge in [0.05, 0.1) is 38.8 Å². The van der Waals surface area contributed by atoms with Crippen LogP contribution in [0.1, 0.15) is 36.7 Å². The van der Waals surface area contributed by atoms with Crippen molar-refractivity contribution in [2.24, 2.45) is 5.10 Å². The summed E-state index contributed by atoms with van der Waals surface area (Å²) in [5, 5.41) is 9.02. The fourth-order valence-electron chi connectivity index (χ4n) is 3.91. The lowest BCUT2D eigenvalue weighted by Crippen LogP contribution is -2.18. The van der Waals surface area contributed by atoms with Crippen LogP contribution in [-0.4, -0.2) is 48.8 Å². The van der Waals surface area contributed by atoms with Gasteiger partial charge in [0.25, 0.3) is 5.91 Å². The number of ether oxygens (including phenoxy) is 4. The summed E-state index contributed by atoms with van der Waals surface area (Å²) in [6, 6.07) is 20.6. The Balaban J connectivity index is 1.63. The molecular formula is C30H32N4O5. The molecule has 9 heteroatoms. The van der Waals surface area contributed by atoms with Crippen LogP contribution >= 0.6 is 0 Å². The number of hydrogen-bond donors (Lipinski definition) is 1. The number of para-hydroxylation sites is 1. The molecule has 9 nitrogen and oxygen atoms in total. The summed E-state index contributed by atoms with van der Waals surface area (Å²) in [6.45, 7) is 6.86. The van der Waals surface area contributed by atoms with Gasteiger partial charge in [0.15, 0.2) is 11.5 Å². The van der Waals surface area contributed by atoms with E-state index in [1.165, 1.54) is 0 Å². The fourth-order valence-corrected chi connectivity index (χ4v) is 3.91. The summed E-state index contributed by atoms with van der Waals surface area (Å²) in [5.74, 6) is 1.67. The Bertz CT molecular complexity index is 1390. The molecule has 0 bridgehead atoms. The lowest BCUT2D eigenvalue weighted by atomic mass is 10.1. The van der Waals surface area contributed by atoms with Crippen LogP contribution in [0.5, 0.6) is 23.0 Å². The normalized spacial score (nSPS) is 10.9. The van der Waals surface area contributed by atoms with Gasteiger partial charge in [-0.1, -0.05) is 18.2 Å². The van der Waals surface area contributed by atoms with Crippen LogP contribution in [0.25, 0.3) is 16.9 Å². The Morgan fingerprint density at radius 2 is 1.56 bits per heavy atom. The molecule has 202 valence electrons. The highest BCUT2D eigenvalue weighted by Crippen LogP contribution is 2.39. The standard InChI is InChI=1S/C30H32N4O5/c1-5-37-26-17-22(18-27(38-6-2)29(26)39-7-3)30(35)32-31-19-23-20-34(24-11-9-8-10-12-24)33-28(23)21-13-15-25(36-4)16-14-21/h8-20H,5-7H2,1-4H3,(H,32,35)/b31-19+. The van der Waals surface area contributed by atoms with Crippen LogP contribution in [0, 0.1) is 0 Å². The first-order valence-electron chi connectivity index (χ1n) is 12.8. The molecule has 1 N–H and O–H groups in total. The average Bonchev–Trinajstić information content (AvgIpc) is 3.39. The van der Waals surface area contributed by atoms with Gasteiger partial charge in [0.2, 0.25) is 5.75 Å². The molecule has 0 saturated carbocycles. The molecule has 0 radical (unpaired) electrons. The molecule has 0 aliphatic heterocycles. The molecular weight excluding hydrogens is 496 g/mol. The number of carbonyl (C=O) groups excluding carboxylic acids is 1. The van der Waals surface area contributed by atoms with Crippen molar-refractivity contribution in [2.45, 2.75) is 20.8 Å². The van der Waals surface area contributed by atoms with Crippen LogP contribution in [0.15, 0.2) is 78.0 Å². The number of nitrogens with one attached hydrogen (secondary N) is 1. The van der Waals surface area contributed by atoms with Crippen molar-refractivity contribution < 1.29 is 23.7 Å². The maximum Gasteiger partial charge on any atom is 0.271 e. The van der Waals surface area contributed by atoms with E-state index in [0.717, 1.165) is 22.6 Å². The van der Waals surface area contributed by atoms with Crippen molar-refractivity contribution in [1.82, 2.24) is 15.2 Å². The van der Waals surface area contributed by atoms with E-state index in [2.05, 4.69) is 10.5 Å². The van der Waals surface area contributed by atoms with E-state index < -0.39 is 5.91 Å². The monoisotopic (exact) mass is 528 g/mol. The van der Waals surface area contributed by atoms with E-state index >= 15 is 0 Å². The second-order valence-electron chi connectivity index (χ2n) is 8.24. The molecule has 0 aliphatic rings. The lowest BCUT2D eigenvalue weighted by molar-refractivity contribution is 0.0954. The first kappa shape index (κ1) is 27.3. The van der Waals surface area contributed by atoms with E-state index in [1.807, 2.05) is 81.6 Å². The summed E-state index contributed by atoms with van der Waals surface area (Å²) >= 11 is 0. The molecule has 4 rings (SSSR count). The highest BCUT2D eigenvalue weighted by molar-refractivity contribution is 5.97. The maximum absolute atomic E-state index is 13.1. The molecule has 0 aliphatic carbocycles. The van der Waals surface area contributed by atoms with Gasteiger partial charge in [-0.3, -0.25) is 4.79 Å². The highest BCUT2D eigenvalue weighted by atomic mass is 16.5. The van der Waals surface area contributed by atoms with Crippen LogP contribution < -0.4 is 24.4 Å². The van der Waals surface area contributed by atoms with Crippen LogP contribution in [0.2, 0.25) is 0 Å². The van der Waals surface area contributed by atoms with Gasteiger partial charge in [-0.05, 0) is 69.3 Å². The van der Waals surface area contributed by atoms with Gasteiger partial charge >= 0.3 is 0 Å². The summed E-state index contributed by atoms with van der Waals surface area (Å²) < 4.78 is 24.2. The number of nitrogens with zero attached hydrogens (tertiary/aromatic N) is 3. The molecule has 0 saturated heterocycles. The molecule has 4 aromatic rings. The molecule has 0 fully saturated rings. The molecule has 39 heavy (non-hydrogen) atoms. The van der Waals surface area contributed by atoms with E-state index in [0.29, 0.717) is 48.3 Å². The third-order valence-corrected chi connectivity index (χ3v) is 5.67. The molecule has 0 atom stereocenters. The number of hydrogen-bond acceptors (Lipinski definition) is 7. The van der Waals surface area contributed by atoms with Crippen molar-refractivity contribution in [3.63, 3.8) is 0 Å². The maximum atomic E-state index is 13.1. The molecule has 1 aromatic heterocycles. The second kappa shape index (κ2) is 13.1. The topological polar surface area (TPSA) is 96.2 Å². The zero-order valence-electron chi connectivity index (χ0n) is 22.5. The number of hydrazone groups is 1. The quantitative estimate of drug-likeness (QED) is 0.192. The van der Waals surface area contributed by atoms with Gasteiger partial charge in [-0.15, -0.1) is 0 Å². The van der Waals surface area contributed by atoms with E-state index in [-0.39, 0.29) is 0 Å². The summed E-state index contributed by atoms with van der Waals surface area (Å²) in [4.78, 5) is 13.1. The van der Waals surface area contributed by atoms with Gasteiger partial charge in [-0.25, -0.2) is 10.1 Å². The molecule has 1 heterocycles. The van der Waals surface area contributed by atoms with E-state index in [4.69, 9.17) is 24.0 Å². The molecule has 1 amide bonds. The number of benzene rings is 3. The summed E-state index contributed by atoms with van der Waals surface area (Å²) in [7, 11) is 1.62. The largest absolute Gasteiger partial charge is 0.497 e. The van der Waals surface area contributed by atoms with Crippen molar-refractivity contribution >= 4 is 12.1 Å². The van der Waals surface area contributed by atoms with Crippen molar-refractivity contribution in [3.8, 4) is 39.9 Å². The van der Waals surface area contributed by atoms with Crippen molar-refractivity contribution in [1.29, 1.82) is 0 Å². The van der Waals surface area contributed by atoms with E-state index in [9.17, 15) is 4.79 Å². The van der Waals surface area contributed by atoms with Crippen LogP contribution in [-0.2, 0) is 0 Å². The third-order valence-electron chi connectivity index (χ3n) is 5.67. The second-order valence-corrected chi connectivity index (χ2v) is 8.24. The molecule has 0 spiro atoms. The number of aromatic nitrogens is 2. The lowest BCUT2D eigenvalue weighted by Gasteiger charge is -2.16. The SMILES string of the molecule is CCOc1cc(C(=O)N/N=C/c2cn(-c3ccccc3)nc2-c2ccc(OC)cc2)cc(OCC)c1OCC. The Morgan fingerprint density at radius 3 is 2.15 bits per heavy atom. The third kappa shape index (κ3) is 6.56. The van der Waals surface area contributed by atoms with Crippen molar-refractivity contribution in [2.75, 3.05) is 26.9 Å². The Kier molecular flexibility index (Phi) is 9.18. The van der Waals surface area contributed by atoms with Gasteiger partial charge in [0.1, 0.15) is 11.4 Å². The van der Waals surface area contributed by atoms with Gasteiger partial charge < -0.3 is 18.9 Å². The minimum atomic E-state index is -0.419. The van der Waals surface area contributed by atoms with E-state index in [1.54, 1.807) is 30.1 Å². The summed E-state index contributed by atoms with van der Waals surface area (Å²) in [5.41, 5.74) is 6.15. The minimum Gasteiger partial charge on any atom is -0.497 e. The smallest absolute Gasteiger partial charge is 0.271 e. The van der Waals surface area contributed by atoms with Crippen molar-refractivity contribution in [3.05, 3.63) is 84.1 Å². The zero-order chi connectivity index (χ0) is 27.6. The Hall–Kier alpha value is -4.79. The number of rotatable bonds is 12. The number of amides is 1. The summed E-state index contributed by atoms with van der Waals surface area (Å²) in [6.07, 6.45) is 3.44.